The van der Waals surface area contributed by atoms with Crippen LogP contribution in [0, 0.1) is 11.2 Å². The van der Waals surface area contributed by atoms with Crippen LogP contribution in [-0.2, 0) is 16.1 Å². The van der Waals surface area contributed by atoms with E-state index in [1.165, 1.54) is 16.0 Å². The van der Waals surface area contributed by atoms with Crippen molar-refractivity contribution in [2.75, 3.05) is 19.6 Å². The second-order valence-electron chi connectivity index (χ2n) is 14.0. The van der Waals surface area contributed by atoms with E-state index in [0.29, 0.717) is 24.1 Å². The molecule has 44 heavy (non-hydrogen) atoms. The largest absolute Gasteiger partial charge is 0.333 e. The third-order valence-electron chi connectivity index (χ3n) is 10.4. The Morgan fingerprint density at radius 2 is 1.75 bits per heavy atom. The maximum atomic E-state index is 13.8. The first kappa shape index (κ1) is 28.9. The van der Waals surface area contributed by atoms with E-state index < -0.39 is 11.9 Å². The van der Waals surface area contributed by atoms with E-state index in [0.717, 1.165) is 56.3 Å². The lowest BCUT2D eigenvalue weighted by molar-refractivity contribution is -0.136. The Bertz CT molecular complexity index is 1580. The van der Waals surface area contributed by atoms with Crippen LogP contribution in [0.1, 0.15) is 90.6 Å². The zero-order valence-corrected chi connectivity index (χ0v) is 25.4. The van der Waals surface area contributed by atoms with E-state index in [1.807, 2.05) is 23.1 Å². The van der Waals surface area contributed by atoms with Crippen LogP contribution in [0.15, 0.2) is 48.0 Å². The Morgan fingerprint density at radius 1 is 0.977 bits per heavy atom. The summed E-state index contributed by atoms with van der Waals surface area (Å²) in [5.41, 5.74) is 5.92. The molecule has 0 spiro atoms. The number of nitrogens with one attached hydrogen (secondary N) is 1. The number of rotatable bonds is 5. The van der Waals surface area contributed by atoms with Crippen molar-refractivity contribution >= 4 is 29.2 Å². The van der Waals surface area contributed by atoms with Gasteiger partial charge in [-0.2, -0.15) is 0 Å². The smallest absolute Gasteiger partial charge is 0.255 e. The highest BCUT2D eigenvalue weighted by atomic mass is 19.1. The number of hydrogen-bond donors (Lipinski definition) is 1. The number of nitrogens with zero attached hydrogens (tertiary/aromatic N) is 3. The van der Waals surface area contributed by atoms with Crippen LogP contribution in [-0.4, -0.2) is 76.1 Å². The fourth-order valence-corrected chi connectivity index (χ4v) is 7.94. The number of hydrogen-bond acceptors (Lipinski definition) is 5. The molecular formula is C35H39FN4O4. The van der Waals surface area contributed by atoms with Crippen LogP contribution >= 0.6 is 0 Å². The van der Waals surface area contributed by atoms with Gasteiger partial charge in [0.2, 0.25) is 11.8 Å². The third-order valence-corrected chi connectivity index (χ3v) is 10.4. The Morgan fingerprint density at radius 3 is 2.48 bits per heavy atom. The number of halogens is 1. The normalized spacial score (nSPS) is 26.7. The van der Waals surface area contributed by atoms with Crippen molar-refractivity contribution in [2.45, 2.75) is 83.5 Å². The van der Waals surface area contributed by atoms with Gasteiger partial charge in [-0.15, -0.1) is 0 Å². The fourth-order valence-electron chi connectivity index (χ4n) is 7.94. The van der Waals surface area contributed by atoms with Crippen molar-refractivity contribution in [2.24, 2.45) is 5.41 Å². The number of piperazine rings is 1. The van der Waals surface area contributed by atoms with E-state index in [-0.39, 0.29) is 54.0 Å². The zero-order valence-electron chi connectivity index (χ0n) is 25.4. The number of benzene rings is 2. The van der Waals surface area contributed by atoms with Gasteiger partial charge in [0.05, 0.1) is 0 Å². The highest BCUT2D eigenvalue weighted by Gasteiger charge is 2.43. The lowest BCUT2D eigenvalue weighted by atomic mass is 9.72. The van der Waals surface area contributed by atoms with Gasteiger partial charge in [0, 0.05) is 55.8 Å². The molecule has 8 nitrogen and oxygen atoms in total. The van der Waals surface area contributed by atoms with Gasteiger partial charge in [-0.1, -0.05) is 31.6 Å². The van der Waals surface area contributed by atoms with Crippen LogP contribution in [0.25, 0.3) is 5.57 Å². The molecule has 0 aromatic heterocycles. The zero-order chi connectivity index (χ0) is 30.7. The first-order chi connectivity index (χ1) is 21.1. The van der Waals surface area contributed by atoms with Gasteiger partial charge < -0.3 is 9.80 Å². The molecule has 3 atom stereocenters. The molecule has 5 aliphatic heterocycles. The number of imide groups is 1. The number of carbonyl (C=O) groups excluding carboxylic acids is 4. The van der Waals surface area contributed by atoms with Gasteiger partial charge in [0.15, 0.2) is 0 Å². The molecule has 1 N–H and O–H groups in total. The monoisotopic (exact) mass is 598 g/mol. The molecule has 0 radical (unpaired) electrons. The molecule has 2 aromatic rings. The number of fused-ring (bicyclic) bond motifs is 4. The van der Waals surface area contributed by atoms with E-state index >= 15 is 0 Å². The molecule has 9 heteroatoms. The van der Waals surface area contributed by atoms with Gasteiger partial charge in [-0.3, -0.25) is 29.4 Å². The first-order valence-electron chi connectivity index (χ1n) is 15.9. The first-order valence-corrected chi connectivity index (χ1v) is 15.9. The lowest BCUT2D eigenvalue weighted by Gasteiger charge is -2.52. The molecule has 8 rings (SSSR count). The minimum absolute atomic E-state index is 0.0142. The minimum Gasteiger partial charge on any atom is -0.333 e. The van der Waals surface area contributed by atoms with Gasteiger partial charge >= 0.3 is 0 Å². The standard InChI is InChI=1S/C35H39FN4O4/c1-35(2)14-13-23(29(16-35)21-3-6-25(36)7-4-21)17-38-19-27-9-8-26(38)20-39(27)33(43)22-5-10-28-24(15-22)18-40(34(28)44)30-11-12-31(41)37-32(30)42/h3-7,10,15,26-27,30H,8-9,11-14,16-20H2,1-2H3,(H,37,41,42). The fraction of sp³-hybridized carbons (Fsp3) is 0.486. The Kier molecular flexibility index (Phi) is 7.19. The summed E-state index contributed by atoms with van der Waals surface area (Å²) in [7, 11) is 0. The van der Waals surface area contributed by atoms with Gasteiger partial charge in [-0.05, 0) is 91.0 Å². The van der Waals surface area contributed by atoms with Crippen molar-refractivity contribution in [3.8, 4) is 0 Å². The topological polar surface area (TPSA) is 90.0 Å². The van der Waals surface area contributed by atoms with E-state index in [4.69, 9.17) is 0 Å². The van der Waals surface area contributed by atoms with Crippen LogP contribution in [0.4, 0.5) is 4.39 Å². The van der Waals surface area contributed by atoms with Crippen LogP contribution in [0.2, 0.25) is 0 Å². The lowest BCUT2D eigenvalue weighted by Crippen LogP contribution is -2.64. The molecule has 6 aliphatic rings. The second-order valence-corrected chi connectivity index (χ2v) is 14.0. The summed E-state index contributed by atoms with van der Waals surface area (Å²) in [6, 6.07) is 11.9. The molecule has 5 heterocycles. The van der Waals surface area contributed by atoms with Crippen LogP contribution in [0.3, 0.4) is 0 Å². The minimum atomic E-state index is -0.676. The maximum absolute atomic E-state index is 13.8. The van der Waals surface area contributed by atoms with Crippen LogP contribution in [0.5, 0.6) is 0 Å². The van der Waals surface area contributed by atoms with Crippen LogP contribution < -0.4 is 5.32 Å². The Labute approximate surface area is 257 Å². The van der Waals surface area contributed by atoms with Gasteiger partial charge in [0.1, 0.15) is 11.9 Å². The molecular weight excluding hydrogens is 559 g/mol. The second kappa shape index (κ2) is 10.9. The summed E-state index contributed by atoms with van der Waals surface area (Å²) in [5, 5.41) is 2.33. The van der Waals surface area contributed by atoms with E-state index in [2.05, 4.69) is 24.1 Å². The number of carbonyl (C=O) groups is 4. The van der Waals surface area contributed by atoms with E-state index in [1.54, 1.807) is 24.3 Å². The Hall–Kier alpha value is -3.85. The van der Waals surface area contributed by atoms with Crippen molar-refractivity contribution in [3.63, 3.8) is 0 Å². The highest BCUT2D eigenvalue weighted by molar-refractivity contribution is 6.06. The molecule has 0 saturated carbocycles. The molecule has 4 fully saturated rings. The summed E-state index contributed by atoms with van der Waals surface area (Å²) in [5.74, 6) is -1.22. The van der Waals surface area contributed by atoms with E-state index in [9.17, 15) is 23.6 Å². The van der Waals surface area contributed by atoms with Crippen molar-refractivity contribution in [3.05, 3.63) is 76.1 Å². The summed E-state index contributed by atoms with van der Waals surface area (Å²) < 4.78 is 13.7. The van der Waals surface area contributed by atoms with Crippen molar-refractivity contribution in [1.29, 1.82) is 0 Å². The maximum Gasteiger partial charge on any atom is 0.255 e. The number of allylic oxidation sites excluding steroid dienone is 1. The summed E-state index contributed by atoms with van der Waals surface area (Å²) >= 11 is 0. The molecule has 4 saturated heterocycles. The number of amides is 4. The molecule has 4 amide bonds. The van der Waals surface area contributed by atoms with Gasteiger partial charge in [0.25, 0.3) is 11.8 Å². The number of piperidine rings is 3. The highest BCUT2D eigenvalue weighted by Crippen LogP contribution is 2.44. The molecule has 1 aliphatic carbocycles. The predicted molar refractivity (Wildman–Crippen MR) is 163 cm³/mol. The quantitative estimate of drug-likeness (QED) is 0.511. The predicted octanol–water partition coefficient (Wildman–Crippen LogP) is 4.54. The van der Waals surface area contributed by atoms with Crippen molar-refractivity contribution < 1.29 is 23.6 Å². The molecule has 230 valence electrons. The summed E-state index contributed by atoms with van der Waals surface area (Å²) in [6.45, 7) is 7.24. The Balaban J connectivity index is 1.05. The third kappa shape index (κ3) is 5.25. The SMILES string of the molecule is CC1(C)CCC(CN2CC3CCC2CN3C(=O)c2ccc3c(c2)CN(C2CCC(=O)NC2=O)C3=O)=C(c2ccc(F)cc2)C1. The summed E-state index contributed by atoms with van der Waals surface area (Å²) in [4.78, 5) is 57.0. The molecule has 2 aromatic carbocycles. The summed E-state index contributed by atoms with van der Waals surface area (Å²) in [6.07, 6.45) is 5.67. The van der Waals surface area contributed by atoms with Gasteiger partial charge in [-0.25, -0.2) is 4.39 Å². The molecule has 3 unspecified atom stereocenters. The van der Waals surface area contributed by atoms with Crippen molar-refractivity contribution in [1.82, 2.24) is 20.0 Å². The average Bonchev–Trinajstić information content (AvgIpc) is 3.33. The molecule has 2 bridgehead atoms. The average molecular weight is 599 g/mol.